The van der Waals surface area contributed by atoms with Gasteiger partial charge >= 0.3 is 0 Å². The average Bonchev–Trinajstić information content (AvgIpc) is 2.58. The molecular weight excluding hydrogens is 215 g/mol. The third-order valence-electron chi connectivity index (χ3n) is 2.90. The van der Waals surface area contributed by atoms with Crippen LogP contribution in [-0.4, -0.2) is 5.78 Å². The normalized spacial score (nSPS) is 20.9. The summed E-state index contributed by atoms with van der Waals surface area (Å²) < 4.78 is 13.4. The highest BCUT2D eigenvalue weighted by Gasteiger charge is 2.23. The molecule has 0 aliphatic heterocycles. The topological polar surface area (TPSA) is 17.1 Å². The number of carbonyl (C=O) groups is 1. The lowest BCUT2D eigenvalue weighted by Gasteiger charge is -2.10. The Hall–Kier alpha value is -0.890. The van der Waals surface area contributed by atoms with Crippen LogP contribution in [0.3, 0.4) is 0 Å². The van der Waals surface area contributed by atoms with Crippen molar-refractivity contribution in [2.45, 2.75) is 25.7 Å². The fourth-order valence-electron chi connectivity index (χ4n) is 2.08. The Balaban J connectivity index is 2.13. The minimum absolute atomic E-state index is 0.262. The highest BCUT2D eigenvalue weighted by atomic mass is 35.5. The molecular formula is C12H12ClFO. The van der Waals surface area contributed by atoms with Crippen LogP contribution in [0.2, 0.25) is 5.02 Å². The van der Waals surface area contributed by atoms with Gasteiger partial charge in [0.25, 0.3) is 0 Å². The number of hydrogen-bond donors (Lipinski definition) is 0. The highest BCUT2D eigenvalue weighted by molar-refractivity contribution is 6.31. The quantitative estimate of drug-likeness (QED) is 0.756. The summed E-state index contributed by atoms with van der Waals surface area (Å²) in [5.41, 5.74) is 0.555. The number of rotatable bonds is 2. The van der Waals surface area contributed by atoms with Crippen molar-refractivity contribution in [1.82, 2.24) is 0 Å². The molecule has 1 aromatic carbocycles. The van der Waals surface area contributed by atoms with Gasteiger partial charge in [-0.15, -0.1) is 0 Å². The van der Waals surface area contributed by atoms with Gasteiger partial charge in [0, 0.05) is 23.4 Å². The van der Waals surface area contributed by atoms with Crippen molar-refractivity contribution in [3.63, 3.8) is 0 Å². The van der Waals surface area contributed by atoms with Crippen molar-refractivity contribution in [3.8, 4) is 0 Å². The van der Waals surface area contributed by atoms with E-state index in [1.807, 2.05) is 0 Å². The van der Waals surface area contributed by atoms with Crippen molar-refractivity contribution < 1.29 is 9.18 Å². The molecule has 1 atom stereocenters. The second-order valence-corrected chi connectivity index (χ2v) is 4.46. The SMILES string of the molecule is O=C1CCC(Cc2c(F)cccc2Cl)C1. The summed E-state index contributed by atoms with van der Waals surface area (Å²) in [7, 11) is 0. The predicted octanol–water partition coefficient (Wildman–Crippen LogP) is 3.39. The van der Waals surface area contributed by atoms with E-state index < -0.39 is 0 Å². The Bertz CT molecular complexity index is 369. The van der Waals surface area contributed by atoms with Gasteiger partial charge in [-0.05, 0) is 30.9 Å². The molecule has 0 aromatic heterocycles. The van der Waals surface area contributed by atoms with Crippen molar-refractivity contribution in [2.24, 2.45) is 5.92 Å². The standard InChI is InChI=1S/C12H12ClFO/c13-11-2-1-3-12(14)10(11)7-8-4-5-9(15)6-8/h1-3,8H,4-7H2. The molecule has 80 valence electrons. The minimum atomic E-state index is -0.262. The molecule has 0 amide bonds. The molecule has 0 N–H and O–H groups in total. The van der Waals surface area contributed by atoms with Crippen molar-refractivity contribution in [3.05, 3.63) is 34.6 Å². The third kappa shape index (κ3) is 2.37. The first-order chi connectivity index (χ1) is 7.16. The summed E-state index contributed by atoms with van der Waals surface area (Å²) in [4.78, 5) is 11.1. The van der Waals surface area contributed by atoms with Gasteiger partial charge in [0.15, 0.2) is 0 Å². The van der Waals surface area contributed by atoms with Gasteiger partial charge in [-0.1, -0.05) is 17.7 Å². The molecule has 1 aromatic rings. The monoisotopic (exact) mass is 226 g/mol. The predicted molar refractivity (Wildman–Crippen MR) is 57.5 cm³/mol. The molecule has 0 bridgehead atoms. The van der Waals surface area contributed by atoms with Gasteiger partial charge in [-0.2, -0.15) is 0 Å². The minimum Gasteiger partial charge on any atom is -0.300 e. The Morgan fingerprint density at radius 1 is 1.47 bits per heavy atom. The van der Waals surface area contributed by atoms with Crippen LogP contribution < -0.4 is 0 Å². The maximum atomic E-state index is 13.4. The number of benzene rings is 1. The molecule has 0 spiro atoms. The number of ketones is 1. The lowest BCUT2D eigenvalue weighted by molar-refractivity contribution is -0.117. The summed E-state index contributed by atoms with van der Waals surface area (Å²) >= 11 is 5.92. The van der Waals surface area contributed by atoms with E-state index in [1.54, 1.807) is 12.1 Å². The van der Waals surface area contributed by atoms with Crippen molar-refractivity contribution in [1.29, 1.82) is 0 Å². The largest absolute Gasteiger partial charge is 0.300 e. The first-order valence-corrected chi connectivity index (χ1v) is 5.49. The first-order valence-electron chi connectivity index (χ1n) is 5.11. The lowest BCUT2D eigenvalue weighted by atomic mass is 9.97. The molecule has 1 aliphatic rings. The second-order valence-electron chi connectivity index (χ2n) is 4.05. The molecule has 1 saturated carbocycles. The third-order valence-corrected chi connectivity index (χ3v) is 3.26. The van der Waals surface area contributed by atoms with Crippen LogP contribution in [0.15, 0.2) is 18.2 Å². The molecule has 1 nitrogen and oxygen atoms in total. The first kappa shape index (κ1) is 10.6. The molecule has 0 radical (unpaired) electrons. The molecule has 1 unspecified atom stereocenters. The Kier molecular flexibility index (Phi) is 3.06. The van der Waals surface area contributed by atoms with E-state index in [-0.39, 0.29) is 17.5 Å². The van der Waals surface area contributed by atoms with E-state index in [1.165, 1.54) is 6.07 Å². The van der Waals surface area contributed by atoms with E-state index in [4.69, 9.17) is 11.6 Å². The zero-order valence-corrected chi connectivity index (χ0v) is 9.06. The van der Waals surface area contributed by atoms with Crippen LogP contribution in [0.25, 0.3) is 0 Å². The smallest absolute Gasteiger partial charge is 0.133 e. The molecule has 1 aliphatic carbocycles. The van der Waals surface area contributed by atoms with Crippen LogP contribution in [0.4, 0.5) is 4.39 Å². The van der Waals surface area contributed by atoms with Gasteiger partial charge in [-0.25, -0.2) is 4.39 Å². The number of Topliss-reactive ketones (excluding diaryl/α,β-unsaturated/α-hetero) is 1. The zero-order valence-electron chi connectivity index (χ0n) is 8.30. The fourth-order valence-corrected chi connectivity index (χ4v) is 2.32. The number of hydrogen-bond acceptors (Lipinski definition) is 1. The van der Waals surface area contributed by atoms with Crippen LogP contribution in [0, 0.1) is 11.7 Å². The van der Waals surface area contributed by atoms with Crippen molar-refractivity contribution >= 4 is 17.4 Å². The highest BCUT2D eigenvalue weighted by Crippen LogP contribution is 2.29. The molecule has 3 heteroatoms. The zero-order chi connectivity index (χ0) is 10.8. The van der Waals surface area contributed by atoms with E-state index >= 15 is 0 Å². The molecule has 0 saturated heterocycles. The van der Waals surface area contributed by atoms with Crippen LogP contribution in [0.5, 0.6) is 0 Å². The summed E-state index contributed by atoms with van der Waals surface area (Å²) in [6.45, 7) is 0. The van der Waals surface area contributed by atoms with Gasteiger partial charge in [0.05, 0.1) is 0 Å². The molecule has 1 fully saturated rings. The Morgan fingerprint density at radius 3 is 2.87 bits per heavy atom. The fraction of sp³-hybridized carbons (Fsp3) is 0.417. The van der Waals surface area contributed by atoms with Gasteiger partial charge in [0.1, 0.15) is 11.6 Å². The summed E-state index contributed by atoms with van der Waals surface area (Å²) in [5, 5.41) is 0.467. The molecule has 0 heterocycles. The van der Waals surface area contributed by atoms with E-state index in [0.29, 0.717) is 29.8 Å². The second kappa shape index (κ2) is 4.31. The summed E-state index contributed by atoms with van der Waals surface area (Å²) in [6.07, 6.45) is 2.65. The van der Waals surface area contributed by atoms with Gasteiger partial charge in [-0.3, -0.25) is 4.79 Å². The van der Waals surface area contributed by atoms with Crippen LogP contribution in [-0.2, 0) is 11.2 Å². The summed E-state index contributed by atoms with van der Waals surface area (Å²) in [6, 6.07) is 4.70. The summed E-state index contributed by atoms with van der Waals surface area (Å²) in [5.74, 6) is 0.293. The van der Waals surface area contributed by atoms with Crippen molar-refractivity contribution in [2.75, 3.05) is 0 Å². The Morgan fingerprint density at radius 2 is 2.27 bits per heavy atom. The molecule has 2 rings (SSSR count). The van der Waals surface area contributed by atoms with E-state index in [0.717, 1.165) is 6.42 Å². The maximum absolute atomic E-state index is 13.4. The number of halogens is 2. The molecule has 15 heavy (non-hydrogen) atoms. The van der Waals surface area contributed by atoms with Gasteiger partial charge in [0.2, 0.25) is 0 Å². The van der Waals surface area contributed by atoms with E-state index in [9.17, 15) is 9.18 Å². The number of carbonyl (C=O) groups excluding carboxylic acids is 1. The Labute approximate surface area is 93.2 Å². The van der Waals surface area contributed by atoms with Crippen LogP contribution in [0.1, 0.15) is 24.8 Å². The lowest BCUT2D eigenvalue weighted by Crippen LogP contribution is -2.03. The van der Waals surface area contributed by atoms with E-state index in [2.05, 4.69) is 0 Å². The van der Waals surface area contributed by atoms with Gasteiger partial charge < -0.3 is 0 Å². The van der Waals surface area contributed by atoms with Crippen LogP contribution >= 0.6 is 11.6 Å². The average molecular weight is 227 g/mol. The maximum Gasteiger partial charge on any atom is 0.133 e.